The number of methoxy groups -OCH3 is 1. The van der Waals surface area contributed by atoms with Crippen molar-refractivity contribution in [3.8, 4) is 5.75 Å². The van der Waals surface area contributed by atoms with E-state index in [1.54, 1.807) is 7.11 Å². The number of hydrogen-bond acceptors (Lipinski definition) is 4. The van der Waals surface area contributed by atoms with Crippen LogP contribution in [-0.2, 0) is 0 Å². The minimum absolute atomic E-state index is 0.745. The summed E-state index contributed by atoms with van der Waals surface area (Å²) in [6.45, 7) is 5.78. The van der Waals surface area contributed by atoms with Gasteiger partial charge in [0.1, 0.15) is 5.75 Å². The molecule has 1 saturated heterocycles. The average Bonchev–Trinajstić information content (AvgIpc) is 2.59. The fourth-order valence-electron chi connectivity index (χ4n) is 3.40. The molecule has 0 spiro atoms. The first-order valence-electron chi connectivity index (χ1n) is 8.68. The van der Waals surface area contributed by atoms with Crippen molar-refractivity contribution < 1.29 is 4.74 Å². The van der Waals surface area contributed by atoms with Crippen molar-refractivity contribution in [1.29, 1.82) is 0 Å². The predicted molar refractivity (Wildman–Crippen MR) is 96.3 cm³/mol. The molecule has 0 radical (unpaired) electrons. The molecule has 1 aromatic carbocycles. The molecule has 2 aromatic rings. The Labute approximate surface area is 138 Å². The summed E-state index contributed by atoms with van der Waals surface area (Å²) in [6, 6.07) is 8.81. The van der Waals surface area contributed by atoms with Gasteiger partial charge in [-0.05, 0) is 57.0 Å². The van der Waals surface area contributed by atoms with Crippen molar-refractivity contribution in [3.63, 3.8) is 0 Å². The second kappa shape index (κ2) is 7.64. The Kier molecular flexibility index (Phi) is 5.34. The van der Waals surface area contributed by atoms with Crippen molar-refractivity contribution in [1.82, 2.24) is 9.88 Å². The largest absolute Gasteiger partial charge is 0.497 e. The number of ether oxygens (including phenoxy) is 1. The average molecular weight is 313 g/mol. The molecule has 4 heteroatoms. The van der Waals surface area contributed by atoms with E-state index >= 15 is 0 Å². The number of nitrogens with one attached hydrogen (secondary N) is 1. The Morgan fingerprint density at radius 3 is 3.04 bits per heavy atom. The highest BCUT2D eigenvalue weighted by atomic mass is 16.5. The van der Waals surface area contributed by atoms with Gasteiger partial charge in [-0.25, -0.2) is 0 Å². The number of nitrogens with zero attached hydrogens (tertiary/aromatic N) is 2. The Hall–Kier alpha value is -1.81. The highest BCUT2D eigenvalue weighted by Gasteiger charge is 2.17. The van der Waals surface area contributed by atoms with Gasteiger partial charge in [-0.15, -0.1) is 0 Å². The molecule has 0 amide bonds. The Bertz CT molecular complexity index is 644. The van der Waals surface area contributed by atoms with Crippen molar-refractivity contribution in [3.05, 3.63) is 30.5 Å². The summed E-state index contributed by atoms with van der Waals surface area (Å²) in [4.78, 5) is 7.05. The minimum atomic E-state index is 0.745. The third-order valence-electron chi connectivity index (χ3n) is 4.83. The second-order valence-electron chi connectivity index (χ2n) is 6.40. The lowest BCUT2D eigenvalue weighted by Gasteiger charge is -2.33. The van der Waals surface area contributed by atoms with Crippen LogP contribution in [0.2, 0.25) is 0 Å². The van der Waals surface area contributed by atoms with Gasteiger partial charge in [0, 0.05) is 36.4 Å². The molecule has 1 atom stereocenters. The van der Waals surface area contributed by atoms with Crippen molar-refractivity contribution in [2.24, 2.45) is 0 Å². The van der Waals surface area contributed by atoms with E-state index in [-0.39, 0.29) is 0 Å². The first-order valence-corrected chi connectivity index (χ1v) is 8.68. The first-order chi connectivity index (χ1) is 11.3. The van der Waals surface area contributed by atoms with Crippen LogP contribution in [0.1, 0.15) is 32.6 Å². The van der Waals surface area contributed by atoms with Crippen molar-refractivity contribution >= 4 is 16.6 Å². The molecule has 0 bridgehead atoms. The lowest BCUT2D eigenvalue weighted by Crippen LogP contribution is -2.38. The highest BCUT2D eigenvalue weighted by Crippen LogP contribution is 2.26. The molecule has 23 heavy (non-hydrogen) atoms. The van der Waals surface area contributed by atoms with E-state index in [2.05, 4.69) is 28.2 Å². The van der Waals surface area contributed by atoms with Gasteiger partial charge in [-0.2, -0.15) is 0 Å². The summed E-state index contributed by atoms with van der Waals surface area (Å²) in [5.74, 6) is 0.871. The van der Waals surface area contributed by atoms with Crippen LogP contribution in [0, 0.1) is 0 Å². The van der Waals surface area contributed by atoms with Gasteiger partial charge in [-0.1, -0.05) is 6.42 Å². The van der Waals surface area contributed by atoms with Gasteiger partial charge < -0.3 is 15.0 Å². The molecule has 1 aliphatic rings. The van der Waals surface area contributed by atoms with Crippen LogP contribution >= 0.6 is 0 Å². The van der Waals surface area contributed by atoms with Gasteiger partial charge in [0.15, 0.2) is 0 Å². The van der Waals surface area contributed by atoms with E-state index in [1.807, 2.05) is 24.4 Å². The molecular formula is C19H27N3O. The molecule has 1 aliphatic heterocycles. The number of hydrogen-bond donors (Lipinski definition) is 1. The fourth-order valence-corrected chi connectivity index (χ4v) is 3.40. The monoisotopic (exact) mass is 313 g/mol. The maximum Gasteiger partial charge on any atom is 0.119 e. The van der Waals surface area contributed by atoms with Crippen LogP contribution in [0.15, 0.2) is 30.5 Å². The van der Waals surface area contributed by atoms with Gasteiger partial charge in [0.25, 0.3) is 0 Å². The van der Waals surface area contributed by atoms with Crippen LogP contribution in [0.5, 0.6) is 5.75 Å². The first kappa shape index (κ1) is 16.1. The van der Waals surface area contributed by atoms with Crippen LogP contribution < -0.4 is 10.1 Å². The molecule has 1 aromatic heterocycles. The molecule has 124 valence electrons. The van der Waals surface area contributed by atoms with Gasteiger partial charge in [0.2, 0.25) is 0 Å². The molecule has 0 saturated carbocycles. The zero-order chi connectivity index (χ0) is 16.1. The standard InChI is InChI=1S/C19H27N3O/c1-15-6-3-4-12-22(15)13-5-10-20-19-9-11-21-18-8-7-16(23-2)14-17(18)19/h7-9,11,14-15H,3-6,10,12-13H2,1-2H3,(H,20,21). The summed E-state index contributed by atoms with van der Waals surface area (Å²) < 4.78 is 5.33. The van der Waals surface area contributed by atoms with Crippen LogP contribution in [0.4, 0.5) is 5.69 Å². The Morgan fingerprint density at radius 2 is 2.22 bits per heavy atom. The number of likely N-dealkylation sites (tertiary alicyclic amines) is 1. The third-order valence-corrected chi connectivity index (χ3v) is 4.83. The van der Waals surface area contributed by atoms with E-state index in [0.717, 1.165) is 41.3 Å². The maximum absolute atomic E-state index is 5.33. The summed E-state index contributed by atoms with van der Waals surface area (Å²) in [5.41, 5.74) is 2.14. The molecular weight excluding hydrogens is 286 g/mol. The Morgan fingerprint density at radius 1 is 1.30 bits per heavy atom. The molecule has 4 nitrogen and oxygen atoms in total. The van der Waals surface area contributed by atoms with Gasteiger partial charge in [0.05, 0.1) is 12.6 Å². The number of aromatic nitrogens is 1. The molecule has 1 N–H and O–H groups in total. The number of fused-ring (bicyclic) bond motifs is 1. The van der Waals surface area contributed by atoms with E-state index in [1.165, 1.54) is 32.4 Å². The normalized spacial score (nSPS) is 19.0. The molecule has 1 fully saturated rings. The quantitative estimate of drug-likeness (QED) is 0.820. The highest BCUT2D eigenvalue weighted by molar-refractivity contribution is 5.92. The number of pyridine rings is 1. The minimum Gasteiger partial charge on any atom is -0.497 e. The fraction of sp³-hybridized carbons (Fsp3) is 0.526. The summed E-state index contributed by atoms with van der Waals surface area (Å²) in [7, 11) is 1.70. The number of anilines is 1. The van der Waals surface area contributed by atoms with Crippen LogP contribution in [-0.4, -0.2) is 42.7 Å². The lowest BCUT2D eigenvalue weighted by atomic mass is 10.0. The van der Waals surface area contributed by atoms with E-state index in [4.69, 9.17) is 4.74 Å². The molecule has 3 rings (SSSR count). The molecule has 1 unspecified atom stereocenters. The zero-order valence-electron chi connectivity index (χ0n) is 14.2. The predicted octanol–water partition coefficient (Wildman–Crippen LogP) is 3.92. The zero-order valence-corrected chi connectivity index (χ0v) is 14.2. The van der Waals surface area contributed by atoms with Crippen LogP contribution in [0.25, 0.3) is 10.9 Å². The maximum atomic E-state index is 5.33. The summed E-state index contributed by atoms with van der Waals surface area (Å²) >= 11 is 0. The molecule has 0 aliphatic carbocycles. The smallest absolute Gasteiger partial charge is 0.119 e. The number of piperidine rings is 1. The molecule has 2 heterocycles. The van der Waals surface area contributed by atoms with E-state index < -0.39 is 0 Å². The van der Waals surface area contributed by atoms with Crippen LogP contribution in [0.3, 0.4) is 0 Å². The van der Waals surface area contributed by atoms with Gasteiger partial charge in [-0.3, -0.25) is 4.98 Å². The summed E-state index contributed by atoms with van der Waals surface area (Å²) in [5, 5.41) is 4.69. The lowest BCUT2D eigenvalue weighted by molar-refractivity contribution is 0.160. The van der Waals surface area contributed by atoms with E-state index in [0.29, 0.717) is 0 Å². The number of benzene rings is 1. The van der Waals surface area contributed by atoms with Crippen molar-refractivity contribution in [2.75, 3.05) is 32.1 Å². The Balaban J connectivity index is 1.58. The van der Waals surface area contributed by atoms with E-state index in [9.17, 15) is 0 Å². The topological polar surface area (TPSA) is 37.4 Å². The SMILES string of the molecule is COc1ccc2nccc(NCCCN3CCCCC3C)c2c1. The van der Waals surface area contributed by atoms with Crippen molar-refractivity contribution in [2.45, 2.75) is 38.6 Å². The third kappa shape index (κ3) is 3.94. The summed E-state index contributed by atoms with van der Waals surface area (Å²) in [6.07, 6.45) is 7.12. The van der Waals surface area contributed by atoms with Gasteiger partial charge >= 0.3 is 0 Å². The number of rotatable bonds is 6. The second-order valence-corrected chi connectivity index (χ2v) is 6.40.